The number of piperazine rings is 1. The molecule has 1 aliphatic heterocycles. The van der Waals surface area contributed by atoms with E-state index in [1.165, 1.54) is 11.8 Å². The Morgan fingerprint density at radius 2 is 1.85 bits per heavy atom. The Labute approximate surface area is 203 Å². The van der Waals surface area contributed by atoms with E-state index >= 15 is 0 Å². The largest absolute Gasteiger partial charge is 0.368 e. The van der Waals surface area contributed by atoms with Gasteiger partial charge >= 0.3 is 0 Å². The van der Waals surface area contributed by atoms with Gasteiger partial charge in [-0.2, -0.15) is 0 Å². The molecule has 1 amide bonds. The standard InChI is InChI=1S/C25H29ClN4O2S/c1-18(2)10-11-30-24(32)21-8-3-4-9-22(21)27-25(30)33-17-23(31)29-14-12-28(13-15-29)20-7-5-6-19(26)16-20/h3-9,16,18H,10-15,17H2,1-2H3. The molecule has 0 N–H and O–H groups in total. The Bertz CT molecular complexity index is 1190. The van der Waals surface area contributed by atoms with Crippen molar-refractivity contribution in [3.63, 3.8) is 0 Å². The minimum Gasteiger partial charge on any atom is -0.368 e. The second-order valence-corrected chi connectivity index (χ2v) is 10.1. The third kappa shape index (κ3) is 5.71. The quantitative estimate of drug-likeness (QED) is 0.364. The number of benzene rings is 2. The molecule has 1 saturated heterocycles. The maximum Gasteiger partial charge on any atom is 0.262 e. The third-order valence-electron chi connectivity index (χ3n) is 5.89. The average Bonchev–Trinajstić information content (AvgIpc) is 2.82. The number of amides is 1. The molecule has 0 aliphatic carbocycles. The Kier molecular flexibility index (Phi) is 7.60. The molecule has 0 bridgehead atoms. The molecule has 8 heteroatoms. The fourth-order valence-corrected chi connectivity index (χ4v) is 5.06. The number of anilines is 1. The maximum atomic E-state index is 13.1. The van der Waals surface area contributed by atoms with Gasteiger partial charge in [0.25, 0.3) is 5.56 Å². The summed E-state index contributed by atoms with van der Waals surface area (Å²) in [6.07, 6.45) is 0.882. The SMILES string of the molecule is CC(C)CCn1c(SCC(=O)N2CCN(c3cccc(Cl)c3)CC2)nc2ccccc2c1=O. The molecule has 33 heavy (non-hydrogen) atoms. The number of rotatable bonds is 7. The summed E-state index contributed by atoms with van der Waals surface area (Å²) >= 11 is 7.48. The van der Waals surface area contributed by atoms with Gasteiger partial charge in [-0.15, -0.1) is 0 Å². The van der Waals surface area contributed by atoms with E-state index in [0.717, 1.165) is 25.2 Å². The predicted octanol–water partition coefficient (Wildman–Crippen LogP) is 4.54. The number of halogens is 1. The van der Waals surface area contributed by atoms with Gasteiger partial charge in [-0.1, -0.05) is 55.4 Å². The van der Waals surface area contributed by atoms with E-state index in [0.29, 0.717) is 46.6 Å². The highest BCUT2D eigenvalue weighted by Gasteiger charge is 2.22. The molecular weight excluding hydrogens is 456 g/mol. The zero-order valence-corrected chi connectivity index (χ0v) is 20.6. The minimum absolute atomic E-state index is 0.0358. The van der Waals surface area contributed by atoms with Crippen molar-refractivity contribution in [3.05, 3.63) is 63.9 Å². The summed E-state index contributed by atoms with van der Waals surface area (Å²) in [5.74, 6) is 0.811. The van der Waals surface area contributed by atoms with E-state index < -0.39 is 0 Å². The molecule has 1 aromatic heterocycles. The van der Waals surface area contributed by atoms with Crippen LogP contribution in [0.3, 0.4) is 0 Å². The molecule has 0 saturated carbocycles. The van der Waals surface area contributed by atoms with Crippen LogP contribution in [0.1, 0.15) is 20.3 Å². The first-order valence-electron chi connectivity index (χ1n) is 11.3. The summed E-state index contributed by atoms with van der Waals surface area (Å²) in [5.41, 5.74) is 1.72. The minimum atomic E-state index is -0.0358. The summed E-state index contributed by atoms with van der Waals surface area (Å²) in [6.45, 7) is 7.74. The van der Waals surface area contributed by atoms with Gasteiger partial charge in [-0.25, -0.2) is 4.98 Å². The van der Waals surface area contributed by atoms with Crippen LogP contribution in [0.5, 0.6) is 0 Å². The summed E-state index contributed by atoms with van der Waals surface area (Å²) in [7, 11) is 0. The van der Waals surface area contributed by atoms with Crippen LogP contribution in [0.15, 0.2) is 58.5 Å². The van der Waals surface area contributed by atoms with Crippen molar-refractivity contribution < 1.29 is 4.79 Å². The highest BCUT2D eigenvalue weighted by atomic mass is 35.5. The van der Waals surface area contributed by atoms with Crippen molar-refractivity contribution >= 4 is 45.9 Å². The van der Waals surface area contributed by atoms with Gasteiger partial charge in [0.05, 0.1) is 16.7 Å². The van der Waals surface area contributed by atoms with Gasteiger partial charge in [0.2, 0.25) is 5.91 Å². The third-order valence-corrected chi connectivity index (χ3v) is 7.08. The van der Waals surface area contributed by atoms with Gasteiger partial charge < -0.3 is 9.80 Å². The van der Waals surface area contributed by atoms with E-state index in [-0.39, 0.29) is 17.2 Å². The van der Waals surface area contributed by atoms with Crippen LogP contribution < -0.4 is 10.5 Å². The maximum absolute atomic E-state index is 13.1. The van der Waals surface area contributed by atoms with Gasteiger partial charge in [-0.3, -0.25) is 14.2 Å². The fourth-order valence-electron chi connectivity index (χ4n) is 3.95. The zero-order chi connectivity index (χ0) is 23.4. The van der Waals surface area contributed by atoms with Crippen molar-refractivity contribution in [2.75, 3.05) is 36.8 Å². The highest BCUT2D eigenvalue weighted by molar-refractivity contribution is 7.99. The molecule has 0 radical (unpaired) electrons. The molecule has 6 nitrogen and oxygen atoms in total. The number of nitrogens with zero attached hydrogens (tertiary/aromatic N) is 4. The van der Waals surface area contributed by atoms with Gasteiger partial charge in [0, 0.05) is 43.4 Å². The van der Waals surface area contributed by atoms with Crippen LogP contribution in [-0.2, 0) is 11.3 Å². The molecular formula is C25H29ClN4O2S. The number of hydrogen-bond donors (Lipinski definition) is 0. The number of thioether (sulfide) groups is 1. The van der Waals surface area contributed by atoms with Crippen molar-refractivity contribution in [2.45, 2.75) is 32.0 Å². The number of hydrogen-bond acceptors (Lipinski definition) is 5. The molecule has 174 valence electrons. The lowest BCUT2D eigenvalue weighted by atomic mass is 10.1. The number of fused-ring (bicyclic) bond motifs is 1. The van der Waals surface area contributed by atoms with E-state index in [4.69, 9.17) is 16.6 Å². The normalized spacial score (nSPS) is 14.3. The van der Waals surface area contributed by atoms with Gasteiger partial charge in [0.15, 0.2) is 5.16 Å². The molecule has 2 heterocycles. The molecule has 2 aromatic carbocycles. The summed E-state index contributed by atoms with van der Waals surface area (Å²) in [4.78, 5) is 34.9. The molecule has 0 spiro atoms. The van der Waals surface area contributed by atoms with Crippen LogP contribution in [0.4, 0.5) is 5.69 Å². The van der Waals surface area contributed by atoms with E-state index in [1.807, 2.05) is 53.4 Å². The molecule has 1 aliphatic rings. The topological polar surface area (TPSA) is 58.4 Å². The van der Waals surface area contributed by atoms with Crippen LogP contribution in [-0.4, -0.2) is 52.3 Å². The average molecular weight is 485 g/mol. The van der Waals surface area contributed by atoms with Crippen molar-refractivity contribution in [2.24, 2.45) is 5.92 Å². The molecule has 4 rings (SSSR count). The molecule has 3 aromatic rings. The first-order chi connectivity index (χ1) is 15.9. The predicted molar refractivity (Wildman–Crippen MR) is 136 cm³/mol. The van der Waals surface area contributed by atoms with E-state index in [9.17, 15) is 9.59 Å². The van der Waals surface area contributed by atoms with Crippen LogP contribution in [0.2, 0.25) is 5.02 Å². The lowest BCUT2D eigenvalue weighted by Crippen LogP contribution is -2.49. The monoisotopic (exact) mass is 484 g/mol. The lowest BCUT2D eigenvalue weighted by Gasteiger charge is -2.36. The smallest absolute Gasteiger partial charge is 0.262 e. The first-order valence-corrected chi connectivity index (χ1v) is 12.7. The Balaban J connectivity index is 1.43. The summed E-state index contributed by atoms with van der Waals surface area (Å²) in [6, 6.07) is 15.2. The summed E-state index contributed by atoms with van der Waals surface area (Å²) in [5, 5.41) is 1.95. The fraction of sp³-hybridized carbons (Fsp3) is 0.400. The molecule has 1 fully saturated rings. The number of aromatic nitrogens is 2. The zero-order valence-electron chi connectivity index (χ0n) is 19.0. The second kappa shape index (κ2) is 10.6. The number of carbonyl (C=O) groups excluding carboxylic acids is 1. The van der Waals surface area contributed by atoms with Crippen LogP contribution >= 0.6 is 23.4 Å². The van der Waals surface area contributed by atoms with Gasteiger partial charge in [0.1, 0.15) is 0 Å². The highest BCUT2D eigenvalue weighted by Crippen LogP contribution is 2.22. The lowest BCUT2D eigenvalue weighted by molar-refractivity contribution is -0.128. The van der Waals surface area contributed by atoms with Crippen molar-refractivity contribution in [1.82, 2.24) is 14.5 Å². The first kappa shape index (κ1) is 23.6. The molecule has 0 unspecified atom stereocenters. The van der Waals surface area contributed by atoms with Gasteiger partial charge in [-0.05, 0) is 42.7 Å². The molecule has 0 atom stereocenters. The Morgan fingerprint density at radius 3 is 2.58 bits per heavy atom. The number of carbonyl (C=O) groups is 1. The Hall–Kier alpha value is -2.51. The Morgan fingerprint density at radius 1 is 1.09 bits per heavy atom. The van der Waals surface area contributed by atoms with Crippen LogP contribution in [0.25, 0.3) is 10.9 Å². The van der Waals surface area contributed by atoms with Crippen molar-refractivity contribution in [1.29, 1.82) is 0 Å². The second-order valence-electron chi connectivity index (χ2n) is 8.69. The van der Waals surface area contributed by atoms with Crippen LogP contribution in [0, 0.1) is 5.92 Å². The number of para-hydroxylation sites is 1. The summed E-state index contributed by atoms with van der Waals surface area (Å²) < 4.78 is 1.73. The van der Waals surface area contributed by atoms with E-state index in [1.54, 1.807) is 4.57 Å². The van der Waals surface area contributed by atoms with Crippen molar-refractivity contribution in [3.8, 4) is 0 Å². The van der Waals surface area contributed by atoms with E-state index in [2.05, 4.69) is 18.7 Å².